The van der Waals surface area contributed by atoms with Crippen molar-refractivity contribution in [1.82, 2.24) is 15.1 Å². The van der Waals surface area contributed by atoms with Crippen molar-refractivity contribution in [2.24, 2.45) is 0 Å². The molecule has 0 fully saturated rings. The second-order valence-corrected chi connectivity index (χ2v) is 3.06. The van der Waals surface area contributed by atoms with Gasteiger partial charge in [0.25, 0.3) is 5.56 Å². The highest BCUT2D eigenvalue weighted by Crippen LogP contribution is 1.90. The number of rotatable bonds is 4. The SMILES string of the molecule is CNC(C)CCn1ncccc1=O. The van der Waals surface area contributed by atoms with Crippen LogP contribution in [0, 0.1) is 0 Å². The molecule has 4 nitrogen and oxygen atoms in total. The molecule has 0 spiro atoms. The zero-order chi connectivity index (χ0) is 9.68. The third-order valence-electron chi connectivity index (χ3n) is 2.05. The van der Waals surface area contributed by atoms with Crippen LogP contribution in [0.25, 0.3) is 0 Å². The average molecular weight is 181 g/mol. The Hall–Kier alpha value is -1.16. The summed E-state index contributed by atoms with van der Waals surface area (Å²) in [6.07, 6.45) is 2.54. The van der Waals surface area contributed by atoms with Crippen LogP contribution in [0.2, 0.25) is 0 Å². The Morgan fingerprint density at radius 3 is 3.08 bits per heavy atom. The monoisotopic (exact) mass is 181 g/mol. The van der Waals surface area contributed by atoms with Crippen molar-refractivity contribution in [2.75, 3.05) is 7.05 Å². The molecule has 4 heteroatoms. The maximum Gasteiger partial charge on any atom is 0.266 e. The Kier molecular flexibility index (Phi) is 3.64. The van der Waals surface area contributed by atoms with E-state index < -0.39 is 0 Å². The molecule has 1 N–H and O–H groups in total. The highest BCUT2D eigenvalue weighted by Gasteiger charge is 1.99. The molecule has 13 heavy (non-hydrogen) atoms. The molecule has 0 saturated heterocycles. The van der Waals surface area contributed by atoms with Crippen LogP contribution < -0.4 is 10.9 Å². The fourth-order valence-electron chi connectivity index (χ4n) is 1.02. The van der Waals surface area contributed by atoms with Gasteiger partial charge in [0.05, 0.1) is 0 Å². The number of nitrogens with one attached hydrogen (secondary N) is 1. The molecular weight excluding hydrogens is 166 g/mol. The smallest absolute Gasteiger partial charge is 0.266 e. The second-order valence-electron chi connectivity index (χ2n) is 3.06. The van der Waals surface area contributed by atoms with E-state index in [2.05, 4.69) is 17.3 Å². The van der Waals surface area contributed by atoms with Crippen LogP contribution in [0.1, 0.15) is 13.3 Å². The molecule has 0 radical (unpaired) electrons. The second kappa shape index (κ2) is 4.77. The molecule has 1 heterocycles. The largest absolute Gasteiger partial charge is 0.317 e. The van der Waals surface area contributed by atoms with Crippen LogP contribution in [0.3, 0.4) is 0 Å². The molecule has 0 aliphatic heterocycles. The Morgan fingerprint density at radius 2 is 2.46 bits per heavy atom. The van der Waals surface area contributed by atoms with Crippen molar-refractivity contribution in [3.63, 3.8) is 0 Å². The summed E-state index contributed by atoms with van der Waals surface area (Å²) in [5, 5.41) is 7.07. The Bertz CT molecular complexity index is 308. The molecule has 1 aromatic heterocycles. The minimum atomic E-state index is -0.0363. The van der Waals surface area contributed by atoms with Gasteiger partial charge in [0.15, 0.2) is 0 Å². The standard InChI is InChI=1S/C9H15N3O/c1-8(10-2)5-7-12-9(13)4-3-6-11-12/h3-4,6,8,10H,5,7H2,1-2H3. The fourth-order valence-corrected chi connectivity index (χ4v) is 1.02. The van der Waals surface area contributed by atoms with Crippen molar-refractivity contribution in [2.45, 2.75) is 25.9 Å². The van der Waals surface area contributed by atoms with Gasteiger partial charge in [-0.2, -0.15) is 5.10 Å². The third kappa shape index (κ3) is 2.99. The summed E-state index contributed by atoms with van der Waals surface area (Å²) in [5.74, 6) is 0. The molecule has 0 aliphatic rings. The lowest BCUT2D eigenvalue weighted by atomic mass is 10.2. The van der Waals surface area contributed by atoms with Crippen LogP contribution in [0.4, 0.5) is 0 Å². The first-order valence-electron chi connectivity index (χ1n) is 4.43. The first-order valence-corrected chi connectivity index (χ1v) is 4.43. The average Bonchev–Trinajstić information content (AvgIpc) is 2.16. The summed E-state index contributed by atoms with van der Waals surface area (Å²) in [5.41, 5.74) is -0.0363. The van der Waals surface area contributed by atoms with Gasteiger partial charge in [-0.05, 0) is 26.5 Å². The third-order valence-corrected chi connectivity index (χ3v) is 2.05. The van der Waals surface area contributed by atoms with E-state index >= 15 is 0 Å². The van der Waals surface area contributed by atoms with Crippen LogP contribution >= 0.6 is 0 Å². The molecule has 0 amide bonds. The van der Waals surface area contributed by atoms with Gasteiger partial charge in [0, 0.05) is 24.8 Å². The molecule has 0 aromatic carbocycles. The minimum Gasteiger partial charge on any atom is -0.317 e. The Morgan fingerprint density at radius 1 is 1.69 bits per heavy atom. The number of hydrogen-bond acceptors (Lipinski definition) is 3. The van der Waals surface area contributed by atoms with E-state index in [9.17, 15) is 4.79 Å². The first kappa shape index (κ1) is 9.92. The first-order chi connectivity index (χ1) is 6.24. The van der Waals surface area contributed by atoms with Gasteiger partial charge in [-0.3, -0.25) is 4.79 Å². The van der Waals surface area contributed by atoms with Gasteiger partial charge in [0.1, 0.15) is 0 Å². The molecule has 1 unspecified atom stereocenters. The number of aryl methyl sites for hydroxylation is 1. The normalized spacial score (nSPS) is 12.8. The van der Waals surface area contributed by atoms with E-state index in [0.717, 1.165) is 6.42 Å². The van der Waals surface area contributed by atoms with Gasteiger partial charge in [0.2, 0.25) is 0 Å². The van der Waals surface area contributed by atoms with Gasteiger partial charge in [-0.25, -0.2) is 4.68 Å². The zero-order valence-corrected chi connectivity index (χ0v) is 8.03. The van der Waals surface area contributed by atoms with E-state index in [-0.39, 0.29) is 5.56 Å². The minimum absolute atomic E-state index is 0.0363. The van der Waals surface area contributed by atoms with Crippen LogP contribution in [0.5, 0.6) is 0 Å². The fraction of sp³-hybridized carbons (Fsp3) is 0.556. The lowest BCUT2D eigenvalue weighted by Gasteiger charge is -2.09. The molecule has 72 valence electrons. The zero-order valence-electron chi connectivity index (χ0n) is 8.03. The molecule has 1 aromatic rings. The van der Waals surface area contributed by atoms with Gasteiger partial charge in [-0.1, -0.05) is 0 Å². The Labute approximate surface area is 77.6 Å². The van der Waals surface area contributed by atoms with E-state index in [0.29, 0.717) is 12.6 Å². The summed E-state index contributed by atoms with van der Waals surface area (Å²) in [6, 6.07) is 3.59. The van der Waals surface area contributed by atoms with Gasteiger partial charge >= 0.3 is 0 Å². The lowest BCUT2D eigenvalue weighted by Crippen LogP contribution is -2.27. The van der Waals surface area contributed by atoms with Crippen molar-refractivity contribution < 1.29 is 0 Å². The molecule has 0 aliphatic carbocycles. The van der Waals surface area contributed by atoms with E-state index in [1.165, 1.54) is 10.7 Å². The van der Waals surface area contributed by atoms with E-state index in [4.69, 9.17) is 0 Å². The van der Waals surface area contributed by atoms with Crippen molar-refractivity contribution in [1.29, 1.82) is 0 Å². The number of aromatic nitrogens is 2. The molecule has 1 atom stereocenters. The van der Waals surface area contributed by atoms with E-state index in [1.807, 2.05) is 7.05 Å². The number of nitrogens with zero attached hydrogens (tertiary/aromatic N) is 2. The summed E-state index contributed by atoms with van der Waals surface area (Å²) < 4.78 is 1.48. The van der Waals surface area contributed by atoms with Gasteiger partial charge in [-0.15, -0.1) is 0 Å². The maximum absolute atomic E-state index is 11.2. The lowest BCUT2D eigenvalue weighted by molar-refractivity contribution is 0.471. The van der Waals surface area contributed by atoms with Crippen LogP contribution in [0.15, 0.2) is 23.1 Å². The van der Waals surface area contributed by atoms with E-state index in [1.54, 1.807) is 12.3 Å². The summed E-state index contributed by atoms with van der Waals surface area (Å²) >= 11 is 0. The van der Waals surface area contributed by atoms with Crippen LogP contribution in [-0.4, -0.2) is 22.9 Å². The highest BCUT2D eigenvalue weighted by atomic mass is 16.1. The topological polar surface area (TPSA) is 46.9 Å². The quantitative estimate of drug-likeness (QED) is 0.724. The molecule has 0 saturated carbocycles. The molecular formula is C9H15N3O. The van der Waals surface area contributed by atoms with Crippen LogP contribution in [-0.2, 0) is 6.54 Å². The van der Waals surface area contributed by atoms with Gasteiger partial charge < -0.3 is 5.32 Å². The van der Waals surface area contributed by atoms with Crippen molar-refractivity contribution in [3.05, 3.63) is 28.7 Å². The molecule has 1 rings (SSSR count). The van der Waals surface area contributed by atoms with Crippen molar-refractivity contribution in [3.8, 4) is 0 Å². The maximum atomic E-state index is 11.2. The molecule has 0 bridgehead atoms. The van der Waals surface area contributed by atoms with Crippen molar-refractivity contribution >= 4 is 0 Å². The number of hydrogen-bond donors (Lipinski definition) is 1. The highest BCUT2D eigenvalue weighted by molar-refractivity contribution is 4.84. The summed E-state index contributed by atoms with van der Waals surface area (Å²) in [4.78, 5) is 11.2. The summed E-state index contributed by atoms with van der Waals surface area (Å²) in [6.45, 7) is 2.75. The predicted molar refractivity (Wildman–Crippen MR) is 51.6 cm³/mol. The summed E-state index contributed by atoms with van der Waals surface area (Å²) in [7, 11) is 1.91. The Balaban J connectivity index is 2.55. The predicted octanol–water partition coefficient (Wildman–Crippen LogP) is 0.241.